The molecule has 0 saturated heterocycles. The molecule has 2 aliphatic carbocycles. The van der Waals surface area contributed by atoms with Crippen molar-refractivity contribution < 1.29 is 0 Å². The fraction of sp³-hybridized carbons (Fsp3) is 0.143. The van der Waals surface area contributed by atoms with Crippen LogP contribution in [0.25, 0.3) is 22.8 Å². The Morgan fingerprint density at radius 2 is 1.57 bits per heavy atom. The molecule has 136 valence electrons. The van der Waals surface area contributed by atoms with Gasteiger partial charge in [0, 0.05) is 5.92 Å². The lowest BCUT2D eigenvalue weighted by Crippen LogP contribution is -2.02. The molecule has 28 heavy (non-hydrogen) atoms. The summed E-state index contributed by atoms with van der Waals surface area (Å²) in [5, 5.41) is 0. The Morgan fingerprint density at radius 3 is 2.43 bits per heavy atom. The highest BCUT2D eigenvalue weighted by Crippen LogP contribution is 2.45. The first kappa shape index (κ1) is 17.0. The van der Waals surface area contributed by atoms with E-state index in [1.54, 1.807) is 0 Å². The SMILES string of the molecule is CC(C)=Cc1ccccc1C1=CC=CC1c1cccc2c1Cc1ccccc1-2. The molecule has 0 amide bonds. The van der Waals surface area contributed by atoms with Crippen LogP contribution in [0.1, 0.15) is 47.6 Å². The number of hydrogen-bond acceptors (Lipinski definition) is 0. The second kappa shape index (κ2) is 6.80. The summed E-state index contributed by atoms with van der Waals surface area (Å²) >= 11 is 0. The highest BCUT2D eigenvalue weighted by atomic mass is 14.3. The van der Waals surface area contributed by atoms with Gasteiger partial charge in [-0.1, -0.05) is 96.6 Å². The highest BCUT2D eigenvalue weighted by Gasteiger charge is 2.27. The molecule has 3 aromatic carbocycles. The van der Waals surface area contributed by atoms with Crippen molar-refractivity contribution in [1.29, 1.82) is 0 Å². The second-order valence-corrected chi connectivity index (χ2v) is 8.00. The molecular formula is C28H24. The number of allylic oxidation sites excluding steroid dienone is 5. The quantitative estimate of drug-likeness (QED) is 0.356. The molecule has 1 atom stereocenters. The standard InChI is InChI=1S/C28H24/c1-19(2)17-20-9-3-5-11-22(20)24-13-7-15-26(24)27-16-8-14-25-23-12-6-4-10-21(23)18-28(25)27/h3-17,26H,18H2,1-2H3. The smallest absolute Gasteiger partial charge is 0.0281 e. The number of benzene rings is 3. The predicted octanol–water partition coefficient (Wildman–Crippen LogP) is 7.42. The normalized spacial score (nSPS) is 16.5. The van der Waals surface area contributed by atoms with Crippen molar-refractivity contribution in [2.45, 2.75) is 26.2 Å². The maximum atomic E-state index is 2.35. The third kappa shape index (κ3) is 2.77. The highest BCUT2D eigenvalue weighted by molar-refractivity contribution is 5.85. The van der Waals surface area contributed by atoms with Gasteiger partial charge in [-0.3, -0.25) is 0 Å². The molecule has 0 heteroatoms. The Kier molecular flexibility index (Phi) is 4.13. The molecule has 2 aliphatic rings. The van der Waals surface area contributed by atoms with Gasteiger partial charge in [0.2, 0.25) is 0 Å². The summed E-state index contributed by atoms with van der Waals surface area (Å²) in [7, 11) is 0. The van der Waals surface area contributed by atoms with Crippen LogP contribution in [0.4, 0.5) is 0 Å². The van der Waals surface area contributed by atoms with E-state index in [0.29, 0.717) is 5.92 Å². The van der Waals surface area contributed by atoms with Crippen LogP contribution in [0.5, 0.6) is 0 Å². The fourth-order valence-electron chi connectivity index (χ4n) is 4.68. The molecule has 0 aromatic heterocycles. The molecule has 3 aromatic rings. The van der Waals surface area contributed by atoms with Gasteiger partial charge >= 0.3 is 0 Å². The van der Waals surface area contributed by atoms with Crippen LogP contribution in [0.3, 0.4) is 0 Å². The van der Waals surface area contributed by atoms with Gasteiger partial charge in [0.25, 0.3) is 0 Å². The molecular weight excluding hydrogens is 336 g/mol. The van der Waals surface area contributed by atoms with E-state index < -0.39 is 0 Å². The molecule has 0 saturated carbocycles. The molecule has 5 rings (SSSR count). The average molecular weight is 361 g/mol. The van der Waals surface area contributed by atoms with E-state index in [0.717, 1.165) is 6.42 Å². The summed E-state index contributed by atoms with van der Waals surface area (Å²) < 4.78 is 0. The molecule has 0 N–H and O–H groups in total. The minimum Gasteiger partial charge on any atom is -0.0758 e. The third-order valence-corrected chi connectivity index (χ3v) is 5.85. The van der Waals surface area contributed by atoms with Crippen LogP contribution in [-0.4, -0.2) is 0 Å². The zero-order valence-electron chi connectivity index (χ0n) is 16.4. The zero-order chi connectivity index (χ0) is 19.1. The largest absolute Gasteiger partial charge is 0.0758 e. The Morgan fingerprint density at radius 1 is 0.821 bits per heavy atom. The summed E-state index contributed by atoms with van der Waals surface area (Å²) in [5.74, 6) is 0.316. The van der Waals surface area contributed by atoms with Crippen LogP contribution in [0.2, 0.25) is 0 Å². The molecule has 0 radical (unpaired) electrons. The Labute approximate surface area is 167 Å². The van der Waals surface area contributed by atoms with Gasteiger partial charge in [-0.05, 0) is 64.8 Å². The average Bonchev–Trinajstić information content (AvgIpc) is 3.32. The molecule has 1 unspecified atom stereocenters. The lowest BCUT2D eigenvalue weighted by molar-refractivity contribution is 1.07. The van der Waals surface area contributed by atoms with Crippen LogP contribution < -0.4 is 0 Å². The van der Waals surface area contributed by atoms with Gasteiger partial charge in [-0.2, -0.15) is 0 Å². The Balaban J connectivity index is 1.61. The first-order valence-electron chi connectivity index (χ1n) is 10.0. The summed E-state index contributed by atoms with van der Waals surface area (Å²) in [6.07, 6.45) is 10.2. The van der Waals surface area contributed by atoms with Crippen molar-refractivity contribution in [3.05, 3.63) is 118 Å². The van der Waals surface area contributed by atoms with Gasteiger partial charge in [-0.15, -0.1) is 0 Å². The number of rotatable bonds is 3. The molecule has 0 heterocycles. The first-order valence-corrected chi connectivity index (χ1v) is 10.0. The van der Waals surface area contributed by atoms with Crippen molar-refractivity contribution in [2.75, 3.05) is 0 Å². The molecule has 0 aliphatic heterocycles. The number of hydrogen-bond donors (Lipinski definition) is 0. The van der Waals surface area contributed by atoms with E-state index in [2.05, 4.69) is 105 Å². The third-order valence-electron chi connectivity index (χ3n) is 5.85. The maximum Gasteiger partial charge on any atom is 0.0281 e. The van der Waals surface area contributed by atoms with Crippen LogP contribution in [0, 0.1) is 0 Å². The maximum absolute atomic E-state index is 2.35. The van der Waals surface area contributed by atoms with Crippen molar-refractivity contribution >= 4 is 11.6 Å². The van der Waals surface area contributed by atoms with E-state index in [4.69, 9.17) is 0 Å². The lowest BCUT2D eigenvalue weighted by atomic mass is 9.83. The van der Waals surface area contributed by atoms with E-state index in [-0.39, 0.29) is 0 Å². The van der Waals surface area contributed by atoms with E-state index in [1.165, 1.54) is 50.1 Å². The predicted molar refractivity (Wildman–Crippen MR) is 120 cm³/mol. The summed E-state index contributed by atoms with van der Waals surface area (Å²) in [6, 6.07) is 24.4. The molecule has 0 bridgehead atoms. The summed E-state index contributed by atoms with van der Waals surface area (Å²) in [6.45, 7) is 4.33. The van der Waals surface area contributed by atoms with Crippen LogP contribution in [-0.2, 0) is 6.42 Å². The van der Waals surface area contributed by atoms with Crippen molar-refractivity contribution in [1.82, 2.24) is 0 Å². The summed E-state index contributed by atoms with van der Waals surface area (Å²) in [4.78, 5) is 0. The van der Waals surface area contributed by atoms with E-state index in [1.807, 2.05) is 0 Å². The van der Waals surface area contributed by atoms with Gasteiger partial charge in [0.15, 0.2) is 0 Å². The zero-order valence-corrected chi connectivity index (χ0v) is 16.4. The van der Waals surface area contributed by atoms with Gasteiger partial charge in [0.1, 0.15) is 0 Å². The molecule has 0 spiro atoms. The Hall–Kier alpha value is -3.12. The van der Waals surface area contributed by atoms with Crippen LogP contribution >= 0.6 is 0 Å². The van der Waals surface area contributed by atoms with E-state index >= 15 is 0 Å². The van der Waals surface area contributed by atoms with E-state index in [9.17, 15) is 0 Å². The minimum atomic E-state index is 0.316. The van der Waals surface area contributed by atoms with Gasteiger partial charge in [-0.25, -0.2) is 0 Å². The van der Waals surface area contributed by atoms with Crippen LogP contribution in [0.15, 0.2) is 90.5 Å². The fourth-order valence-corrected chi connectivity index (χ4v) is 4.68. The summed E-state index contributed by atoms with van der Waals surface area (Å²) in [5.41, 5.74) is 12.6. The first-order chi connectivity index (χ1) is 13.7. The second-order valence-electron chi connectivity index (χ2n) is 8.00. The molecule has 0 fully saturated rings. The lowest BCUT2D eigenvalue weighted by Gasteiger charge is -2.20. The topological polar surface area (TPSA) is 0 Å². The molecule has 0 nitrogen and oxygen atoms in total. The van der Waals surface area contributed by atoms with Gasteiger partial charge < -0.3 is 0 Å². The van der Waals surface area contributed by atoms with Crippen molar-refractivity contribution in [3.63, 3.8) is 0 Å². The van der Waals surface area contributed by atoms with Gasteiger partial charge in [0.05, 0.1) is 0 Å². The van der Waals surface area contributed by atoms with Crippen molar-refractivity contribution in [3.8, 4) is 11.1 Å². The minimum absolute atomic E-state index is 0.316. The number of fused-ring (bicyclic) bond motifs is 3. The Bertz CT molecular complexity index is 1150. The van der Waals surface area contributed by atoms with Crippen molar-refractivity contribution in [2.24, 2.45) is 0 Å². The monoisotopic (exact) mass is 360 g/mol.